The number of unbranched alkanes of at least 4 members (excludes halogenated alkanes) is 17. The van der Waals surface area contributed by atoms with Gasteiger partial charge in [-0.2, -0.15) is 0 Å². The van der Waals surface area contributed by atoms with Gasteiger partial charge < -0.3 is 4.74 Å². The second-order valence-corrected chi connectivity index (χ2v) is 13.1. The Morgan fingerprint density at radius 1 is 0.457 bits per heavy atom. The smallest absolute Gasteiger partial charge is 0.108 e. The second-order valence-electron chi connectivity index (χ2n) is 13.1. The van der Waals surface area contributed by atoms with E-state index in [9.17, 15) is 0 Å². The van der Waals surface area contributed by atoms with Crippen LogP contribution in [0.25, 0.3) is 0 Å². The van der Waals surface area contributed by atoms with Gasteiger partial charge in [-0.15, -0.1) is 0 Å². The molecule has 0 fully saturated rings. The molecule has 0 saturated carbocycles. The lowest BCUT2D eigenvalue weighted by Gasteiger charge is -2.17. The molecule has 2 nitrogen and oxygen atoms in total. The molecule has 46 heavy (non-hydrogen) atoms. The van der Waals surface area contributed by atoms with Gasteiger partial charge in [-0.1, -0.05) is 178 Å². The fourth-order valence-corrected chi connectivity index (χ4v) is 5.67. The Labute approximate surface area is 290 Å². The van der Waals surface area contributed by atoms with Crippen LogP contribution in [0.3, 0.4) is 0 Å². The minimum absolute atomic E-state index is 0.384. The quantitative estimate of drug-likeness (QED) is 0.0395. The van der Waals surface area contributed by atoms with E-state index in [1.54, 1.807) is 0 Å². The lowest BCUT2D eigenvalue weighted by Crippen LogP contribution is -2.23. The maximum Gasteiger partial charge on any atom is 0.108 e. The SMILES string of the molecule is CCCC/C=C/C/C=C/CCCCCCCCC(CCCCCCCC/C=C/C/C=C/CCCCC)OCC#CCN(CC)CC. The van der Waals surface area contributed by atoms with Gasteiger partial charge in [-0.3, -0.25) is 4.90 Å². The van der Waals surface area contributed by atoms with E-state index < -0.39 is 0 Å². The van der Waals surface area contributed by atoms with Crippen molar-refractivity contribution in [3.8, 4) is 11.8 Å². The van der Waals surface area contributed by atoms with Gasteiger partial charge >= 0.3 is 0 Å². The summed E-state index contributed by atoms with van der Waals surface area (Å²) in [4.78, 5) is 2.36. The van der Waals surface area contributed by atoms with Gasteiger partial charge in [-0.05, 0) is 83.7 Å². The Bertz CT molecular complexity index is 763. The molecule has 266 valence electrons. The van der Waals surface area contributed by atoms with Gasteiger partial charge in [0.05, 0.1) is 12.6 Å². The van der Waals surface area contributed by atoms with Crippen LogP contribution in [-0.2, 0) is 4.74 Å². The summed E-state index contributed by atoms with van der Waals surface area (Å²) in [6.45, 7) is 12.5. The standard InChI is InChI=1S/C44H79NO/c1-5-9-11-13-15-17-19-21-23-25-27-29-31-33-35-37-41-44(46-43-39-38-42-45(7-3)8-4)40-36-34-32-30-28-26-24-22-20-18-16-14-12-10-6-2/h14-17,20-23,44H,5-13,18-19,24-37,40-43H2,1-4H3/b16-14+,17-15+,22-20+,23-21+. The molecule has 0 bridgehead atoms. The van der Waals surface area contributed by atoms with Crippen molar-refractivity contribution in [2.24, 2.45) is 0 Å². The van der Waals surface area contributed by atoms with Crippen LogP contribution in [0.4, 0.5) is 0 Å². The monoisotopic (exact) mass is 638 g/mol. The third-order valence-corrected chi connectivity index (χ3v) is 8.92. The van der Waals surface area contributed by atoms with Crippen molar-refractivity contribution < 1.29 is 4.74 Å². The number of allylic oxidation sites excluding steroid dienone is 8. The van der Waals surface area contributed by atoms with Crippen LogP contribution in [0.5, 0.6) is 0 Å². The molecule has 2 heteroatoms. The van der Waals surface area contributed by atoms with E-state index in [2.05, 4.69) is 93.0 Å². The fraction of sp³-hybridized carbons (Fsp3) is 0.773. The molecule has 0 aliphatic rings. The largest absolute Gasteiger partial charge is 0.366 e. The fourth-order valence-electron chi connectivity index (χ4n) is 5.67. The van der Waals surface area contributed by atoms with E-state index in [0.29, 0.717) is 12.7 Å². The summed E-state index contributed by atoms with van der Waals surface area (Å²) in [5.41, 5.74) is 0. The molecule has 0 aromatic carbocycles. The third-order valence-electron chi connectivity index (χ3n) is 8.92. The van der Waals surface area contributed by atoms with E-state index in [4.69, 9.17) is 4.74 Å². The number of nitrogens with zero attached hydrogens (tertiary/aromatic N) is 1. The molecule has 0 N–H and O–H groups in total. The van der Waals surface area contributed by atoms with E-state index in [1.807, 2.05) is 0 Å². The molecule has 1 unspecified atom stereocenters. The van der Waals surface area contributed by atoms with Crippen molar-refractivity contribution in [3.63, 3.8) is 0 Å². The average Bonchev–Trinajstić information content (AvgIpc) is 3.07. The van der Waals surface area contributed by atoms with Crippen LogP contribution in [0.2, 0.25) is 0 Å². The molecule has 0 amide bonds. The Hall–Kier alpha value is -1.56. The number of hydrogen-bond donors (Lipinski definition) is 0. The van der Waals surface area contributed by atoms with E-state index >= 15 is 0 Å². The Balaban J connectivity index is 4.07. The highest BCUT2D eigenvalue weighted by Crippen LogP contribution is 2.17. The van der Waals surface area contributed by atoms with Gasteiger partial charge in [0.15, 0.2) is 0 Å². The first-order valence-electron chi connectivity index (χ1n) is 20.2. The van der Waals surface area contributed by atoms with Crippen molar-refractivity contribution in [1.82, 2.24) is 4.90 Å². The van der Waals surface area contributed by atoms with Crippen LogP contribution in [0.15, 0.2) is 48.6 Å². The van der Waals surface area contributed by atoms with Crippen LogP contribution >= 0.6 is 0 Å². The van der Waals surface area contributed by atoms with Gasteiger partial charge in [0, 0.05) is 0 Å². The van der Waals surface area contributed by atoms with Crippen molar-refractivity contribution in [2.45, 2.75) is 194 Å². The summed E-state index contributed by atoms with van der Waals surface area (Å²) in [6.07, 6.45) is 51.5. The molecule has 0 aliphatic heterocycles. The summed E-state index contributed by atoms with van der Waals surface area (Å²) in [6, 6.07) is 0. The molecular formula is C44H79NO. The van der Waals surface area contributed by atoms with Gasteiger partial charge in [-0.25, -0.2) is 0 Å². The van der Waals surface area contributed by atoms with E-state index in [1.165, 1.54) is 148 Å². The molecular weight excluding hydrogens is 558 g/mol. The summed E-state index contributed by atoms with van der Waals surface area (Å²) in [5.74, 6) is 6.62. The van der Waals surface area contributed by atoms with Crippen molar-refractivity contribution in [2.75, 3.05) is 26.2 Å². The third kappa shape index (κ3) is 35.3. The Kier molecular flexibility index (Phi) is 38.3. The minimum Gasteiger partial charge on any atom is -0.366 e. The zero-order valence-corrected chi connectivity index (χ0v) is 31.6. The molecule has 0 rings (SSSR count). The normalized spacial score (nSPS) is 12.8. The highest BCUT2D eigenvalue weighted by molar-refractivity contribution is 5.01. The summed E-state index contributed by atoms with van der Waals surface area (Å²) in [7, 11) is 0. The Morgan fingerprint density at radius 2 is 0.870 bits per heavy atom. The lowest BCUT2D eigenvalue weighted by molar-refractivity contribution is 0.0606. The first kappa shape index (κ1) is 44.4. The molecule has 1 atom stereocenters. The first-order valence-corrected chi connectivity index (χ1v) is 20.2. The summed E-state index contributed by atoms with van der Waals surface area (Å²) < 4.78 is 6.32. The van der Waals surface area contributed by atoms with Crippen LogP contribution in [-0.4, -0.2) is 37.2 Å². The molecule has 0 aromatic rings. The number of hydrogen-bond acceptors (Lipinski definition) is 2. The number of rotatable bonds is 34. The van der Waals surface area contributed by atoms with Crippen LogP contribution in [0.1, 0.15) is 188 Å². The molecule has 0 spiro atoms. The predicted molar refractivity (Wildman–Crippen MR) is 209 cm³/mol. The predicted octanol–water partition coefficient (Wildman–Crippen LogP) is 13.7. The molecule has 0 radical (unpaired) electrons. The van der Waals surface area contributed by atoms with Gasteiger partial charge in [0.25, 0.3) is 0 Å². The molecule has 0 aliphatic carbocycles. The van der Waals surface area contributed by atoms with Gasteiger partial charge in [0.1, 0.15) is 6.61 Å². The zero-order chi connectivity index (χ0) is 33.4. The summed E-state index contributed by atoms with van der Waals surface area (Å²) in [5, 5.41) is 0. The zero-order valence-electron chi connectivity index (χ0n) is 31.6. The van der Waals surface area contributed by atoms with Crippen molar-refractivity contribution in [1.29, 1.82) is 0 Å². The van der Waals surface area contributed by atoms with E-state index in [0.717, 1.165) is 32.5 Å². The highest BCUT2D eigenvalue weighted by atomic mass is 16.5. The van der Waals surface area contributed by atoms with E-state index in [-0.39, 0.29) is 0 Å². The molecule has 0 saturated heterocycles. The molecule has 0 heterocycles. The second kappa shape index (κ2) is 39.6. The summed E-state index contributed by atoms with van der Waals surface area (Å²) >= 11 is 0. The lowest BCUT2D eigenvalue weighted by atomic mass is 10.0. The maximum atomic E-state index is 6.32. The van der Waals surface area contributed by atoms with Crippen molar-refractivity contribution in [3.05, 3.63) is 48.6 Å². The Morgan fingerprint density at radius 3 is 1.33 bits per heavy atom. The van der Waals surface area contributed by atoms with Gasteiger partial charge in [0.2, 0.25) is 0 Å². The first-order chi connectivity index (χ1) is 22.8. The van der Waals surface area contributed by atoms with Crippen LogP contribution in [0, 0.1) is 11.8 Å². The maximum absolute atomic E-state index is 6.32. The topological polar surface area (TPSA) is 12.5 Å². The average molecular weight is 638 g/mol. The highest BCUT2D eigenvalue weighted by Gasteiger charge is 2.08. The molecule has 0 aromatic heterocycles. The minimum atomic E-state index is 0.384. The number of ether oxygens (including phenoxy) is 1. The van der Waals surface area contributed by atoms with Crippen molar-refractivity contribution >= 4 is 0 Å². The van der Waals surface area contributed by atoms with Crippen LogP contribution < -0.4 is 0 Å².